The van der Waals surface area contributed by atoms with Gasteiger partial charge in [0.1, 0.15) is 6.04 Å². The van der Waals surface area contributed by atoms with Crippen LogP contribution in [0.3, 0.4) is 0 Å². The van der Waals surface area contributed by atoms with Gasteiger partial charge in [0.25, 0.3) is 5.91 Å². The number of aliphatic hydroxyl groups excluding tert-OH is 1. The maximum absolute atomic E-state index is 13.7. The molecule has 0 bridgehead atoms. The molecule has 2 fully saturated rings. The summed E-state index contributed by atoms with van der Waals surface area (Å²) in [7, 11) is 0. The highest BCUT2D eigenvalue weighted by atomic mass is 16.4. The molecular formula is C37H42N6O6. The molecule has 4 amide bonds. The standard InChI is InChI=1S/C37H42N6O6/c1-21-14-26(35(46)41-29-16-30(44)17-29)11-13-31(21)24-6-2-22(3-7-24)15-33(36(47)40-28-12-10-27-20-39-43-32(27)18-28)42-34(45)25-8-4-23(5-9-25)19-38-37(48)49/h2-3,6-7,10-14,18,20,23,25,29-30,33,38,44H,4-5,8-9,15-17,19H2,1H3,(H,39,43)(H,40,47)(H,41,46)(H,42,45)(H,48,49)/t23?,25?,29-,30-,33-/m0/s1. The van der Waals surface area contributed by atoms with E-state index in [4.69, 9.17) is 5.11 Å². The van der Waals surface area contributed by atoms with E-state index >= 15 is 0 Å². The molecule has 3 aromatic carbocycles. The number of carboxylic acid groups (broad SMARTS) is 1. The lowest BCUT2D eigenvalue weighted by molar-refractivity contribution is -0.130. The van der Waals surface area contributed by atoms with Crippen LogP contribution in [0.4, 0.5) is 10.5 Å². The van der Waals surface area contributed by atoms with Gasteiger partial charge in [0.05, 0.1) is 17.8 Å². The van der Waals surface area contributed by atoms with E-state index in [9.17, 15) is 24.3 Å². The number of fused-ring (bicyclic) bond motifs is 1. The molecular weight excluding hydrogens is 624 g/mol. The molecule has 0 spiro atoms. The zero-order valence-electron chi connectivity index (χ0n) is 27.4. The first-order valence-electron chi connectivity index (χ1n) is 16.8. The number of hydrogen-bond donors (Lipinski definition) is 7. The summed E-state index contributed by atoms with van der Waals surface area (Å²) in [6, 6.07) is 18.1. The van der Waals surface area contributed by atoms with Gasteiger partial charge in [0, 0.05) is 41.6 Å². The first kappa shape index (κ1) is 33.7. The molecule has 0 aliphatic heterocycles. The third kappa shape index (κ3) is 8.44. The van der Waals surface area contributed by atoms with E-state index in [1.54, 1.807) is 24.4 Å². The summed E-state index contributed by atoms with van der Waals surface area (Å²) in [6.07, 6.45) is 4.47. The van der Waals surface area contributed by atoms with Crippen molar-refractivity contribution in [2.75, 3.05) is 11.9 Å². The van der Waals surface area contributed by atoms with Gasteiger partial charge in [0.2, 0.25) is 11.8 Å². The highest BCUT2D eigenvalue weighted by Gasteiger charge is 2.31. The Kier molecular flexibility index (Phi) is 10.2. The van der Waals surface area contributed by atoms with Gasteiger partial charge >= 0.3 is 6.09 Å². The Morgan fingerprint density at radius 2 is 1.71 bits per heavy atom. The summed E-state index contributed by atoms with van der Waals surface area (Å²) in [6.45, 7) is 2.33. The van der Waals surface area contributed by atoms with E-state index in [1.807, 2.05) is 49.4 Å². The Hall–Kier alpha value is -5.23. The quantitative estimate of drug-likeness (QED) is 0.123. The van der Waals surface area contributed by atoms with Crippen molar-refractivity contribution in [1.82, 2.24) is 26.1 Å². The van der Waals surface area contributed by atoms with E-state index in [1.165, 1.54) is 0 Å². The second kappa shape index (κ2) is 14.9. The van der Waals surface area contributed by atoms with Crippen molar-refractivity contribution in [3.05, 3.63) is 83.6 Å². The fourth-order valence-corrected chi connectivity index (χ4v) is 6.76. The predicted molar refractivity (Wildman–Crippen MR) is 185 cm³/mol. The summed E-state index contributed by atoms with van der Waals surface area (Å²) >= 11 is 0. The van der Waals surface area contributed by atoms with E-state index in [0.717, 1.165) is 46.0 Å². The zero-order valence-corrected chi connectivity index (χ0v) is 27.4. The number of amides is 4. The molecule has 12 nitrogen and oxygen atoms in total. The molecule has 1 heterocycles. The van der Waals surface area contributed by atoms with Crippen LogP contribution < -0.4 is 21.3 Å². The Bertz CT molecular complexity index is 1820. The van der Waals surface area contributed by atoms with Crippen LogP contribution in [-0.2, 0) is 16.0 Å². The summed E-state index contributed by atoms with van der Waals surface area (Å²) in [5.74, 6) is -0.737. The van der Waals surface area contributed by atoms with Crippen molar-refractivity contribution < 1.29 is 29.4 Å². The van der Waals surface area contributed by atoms with E-state index in [2.05, 4.69) is 31.5 Å². The van der Waals surface area contributed by atoms with Crippen molar-refractivity contribution in [2.24, 2.45) is 11.8 Å². The first-order chi connectivity index (χ1) is 23.6. The van der Waals surface area contributed by atoms with Crippen LogP contribution in [0.15, 0.2) is 66.9 Å². The molecule has 0 unspecified atom stereocenters. The maximum atomic E-state index is 13.7. The number of benzene rings is 3. The van der Waals surface area contributed by atoms with E-state index in [-0.39, 0.29) is 48.1 Å². The number of aryl methyl sites for hydroxylation is 1. The third-order valence-electron chi connectivity index (χ3n) is 9.74. The molecule has 2 saturated carbocycles. The molecule has 4 aromatic rings. The normalized spacial score (nSPS) is 20.9. The van der Waals surface area contributed by atoms with Gasteiger partial charge in [-0.1, -0.05) is 30.3 Å². The van der Waals surface area contributed by atoms with Crippen molar-refractivity contribution in [1.29, 1.82) is 0 Å². The minimum atomic E-state index is -1.05. The van der Waals surface area contributed by atoms with Crippen molar-refractivity contribution >= 4 is 40.4 Å². The molecule has 0 saturated heterocycles. The maximum Gasteiger partial charge on any atom is 0.404 e. The number of H-pyrrole nitrogens is 1. The molecule has 0 radical (unpaired) electrons. The lowest BCUT2D eigenvalue weighted by Gasteiger charge is -2.32. The molecule has 1 atom stereocenters. The minimum Gasteiger partial charge on any atom is -0.465 e. The van der Waals surface area contributed by atoms with Crippen LogP contribution in [-0.4, -0.2) is 69.0 Å². The molecule has 256 valence electrons. The summed E-state index contributed by atoms with van der Waals surface area (Å²) in [5, 5.41) is 37.7. The predicted octanol–water partition coefficient (Wildman–Crippen LogP) is 4.53. The third-order valence-corrected chi connectivity index (χ3v) is 9.74. The molecule has 7 N–H and O–H groups in total. The number of aromatic nitrogens is 2. The minimum absolute atomic E-state index is 0.00810. The molecule has 12 heteroatoms. The fraction of sp³-hybridized carbons (Fsp3) is 0.378. The van der Waals surface area contributed by atoms with Gasteiger partial charge in [-0.05, 0) is 104 Å². The molecule has 6 rings (SSSR count). The largest absolute Gasteiger partial charge is 0.465 e. The first-order valence-corrected chi connectivity index (χ1v) is 16.8. The number of carbonyl (C=O) groups is 4. The lowest BCUT2D eigenvalue weighted by Crippen LogP contribution is -2.48. The Balaban J connectivity index is 1.13. The summed E-state index contributed by atoms with van der Waals surface area (Å²) < 4.78 is 0. The average molecular weight is 667 g/mol. The molecule has 1 aromatic heterocycles. The number of nitrogens with one attached hydrogen (secondary N) is 5. The zero-order chi connectivity index (χ0) is 34.5. The van der Waals surface area contributed by atoms with E-state index in [0.29, 0.717) is 43.5 Å². The topological polar surface area (TPSA) is 186 Å². The fourth-order valence-electron chi connectivity index (χ4n) is 6.76. The van der Waals surface area contributed by atoms with Crippen molar-refractivity contribution in [3.63, 3.8) is 0 Å². The number of nitrogens with zero attached hydrogens (tertiary/aromatic N) is 1. The number of carbonyl (C=O) groups excluding carboxylic acids is 3. The average Bonchev–Trinajstić information content (AvgIpc) is 3.55. The number of rotatable bonds is 11. The van der Waals surface area contributed by atoms with Gasteiger partial charge in [-0.15, -0.1) is 0 Å². The smallest absolute Gasteiger partial charge is 0.404 e. The van der Waals surface area contributed by atoms with Gasteiger partial charge < -0.3 is 31.5 Å². The number of hydrogen-bond acceptors (Lipinski definition) is 6. The SMILES string of the molecule is Cc1cc(C(=O)N[C@H]2C[C@H](O)C2)ccc1-c1ccc(C[C@H](NC(=O)C2CCC(CNC(=O)O)CC2)C(=O)Nc2ccc3cn[nH]c3c2)cc1. The molecule has 2 aliphatic rings. The Labute approximate surface area is 284 Å². The monoisotopic (exact) mass is 666 g/mol. The highest BCUT2D eigenvalue weighted by molar-refractivity contribution is 5.99. The highest BCUT2D eigenvalue weighted by Crippen LogP contribution is 2.29. The van der Waals surface area contributed by atoms with Crippen molar-refractivity contribution in [2.45, 2.75) is 70.1 Å². The summed E-state index contributed by atoms with van der Waals surface area (Å²) in [4.78, 5) is 50.7. The van der Waals surface area contributed by atoms with Crippen molar-refractivity contribution in [3.8, 4) is 11.1 Å². The molecule has 2 aliphatic carbocycles. The number of aliphatic hydroxyl groups is 1. The van der Waals surface area contributed by atoms with Gasteiger partial charge in [-0.2, -0.15) is 5.10 Å². The van der Waals surface area contributed by atoms with Crippen LogP contribution in [0.5, 0.6) is 0 Å². The Morgan fingerprint density at radius 3 is 2.41 bits per heavy atom. The summed E-state index contributed by atoms with van der Waals surface area (Å²) in [5.41, 5.74) is 5.69. The Morgan fingerprint density at radius 1 is 0.959 bits per heavy atom. The van der Waals surface area contributed by atoms with E-state index < -0.39 is 12.1 Å². The van der Waals surface area contributed by atoms with Gasteiger partial charge in [-0.25, -0.2) is 4.79 Å². The van der Waals surface area contributed by atoms with Crippen LogP contribution in [0, 0.1) is 18.8 Å². The van der Waals surface area contributed by atoms with Gasteiger partial charge in [-0.3, -0.25) is 19.5 Å². The second-order valence-corrected chi connectivity index (χ2v) is 13.4. The number of aromatic amines is 1. The van der Waals surface area contributed by atoms with Crippen LogP contribution in [0.1, 0.15) is 60.0 Å². The van der Waals surface area contributed by atoms with Crippen LogP contribution in [0.2, 0.25) is 0 Å². The lowest BCUT2D eigenvalue weighted by atomic mass is 9.81. The second-order valence-electron chi connectivity index (χ2n) is 13.4. The molecule has 49 heavy (non-hydrogen) atoms. The van der Waals surface area contributed by atoms with Crippen LogP contribution in [0.25, 0.3) is 22.0 Å². The van der Waals surface area contributed by atoms with Gasteiger partial charge in [0.15, 0.2) is 0 Å². The number of anilines is 1. The van der Waals surface area contributed by atoms with Crippen LogP contribution >= 0.6 is 0 Å².